The Morgan fingerprint density at radius 1 is 1.56 bits per heavy atom. The summed E-state index contributed by atoms with van der Waals surface area (Å²) >= 11 is 0. The van der Waals surface area contributed by atoms with Crippen molar-refractivity contribution in [1.29, 1.82) is 0 Å². The number of ether oxygens (including phenoxy) is 1. The zero-order valence-electron chi connectivity index (χ0n) is 9.95. The van der Waals surface area contributed by atoms with Crippen LogP contribution in [0.1, 0.15) is 19.4 Å². The van der Waals surface area contributed by atoms with Gasteiger partial charge in [-0.05, 0) is 20.8 Å². The van der Waals surface area contributed by atoms with Gasteiger partial charge < -0.3 is 10.1 Å². The molecule has 1 aromatic heterocycles. The summed E-state index contributed by atoms with van der Waals surface area (Å²) in [5.41, 5.74) is 3.39. The van der Waals surface area contributed by atoms with Gasteiger partial charge in [0.15, 0.2) is 0 Å². The molecular weight excluding hydrogens is 206 g/mol. The molecule has 0 saturated heterocycles. The summed E-state index contributed by atoms with van der Waals surface area (Å²) in [6, 6.07) is 0.194. The Hall–Kier alpha value is -1.40. The number of hydrogen-bond donors (Lipinski definition) is 3. The molecule has 1 unspecified atom stereocenters. The van der Waals surface area contributed by atoms with Gasteiger partial charge in [-0.25, -0.2) is 10.8 Å². The van der Waals surface area contributed by atoms with Gasteiger partial charge in [0.25, 0.3) is 0 Å². The number of nitrogen functional groups attached to an aromatic ring is 1. The second-order valence-corrected chi connectivity index (χ2v) is 3.57. The summed E-state index contributed by atoms with van der Waals surface area (Å²) in [7, 11) is 0. The molecule has 0 aliphatic heterocycles. The third kappa shape index (κ3) is 3.63. The maximum atomic E-state index is 5.32. The van der Waals surface area contributed by atoms with Gasteiger partial charge in [-0.1, -0.05) is 0 Å². The van der Waals surface area contributed by atoms with Gasteiger partial charge in [0.2, 0.25) is 5.95 Å². The molecule has 0 spiro atoms. The maximum Gasteiger partial charge on any atom is 0.239 e. The third-order valence-electron chi connectivity index (χ3n) is 2.06. The second-order valence-electron chi connectivity index (χ2n) is 3.57. The fourth-order valence-electron chi connectivity index (χ4n) is 1.23. The van der Waals surface area contributed by atoms with Crippen molar-refractivity contribution in [1.82, 2.24) is 9.97 Å². The molecule has 0 radical (unpaired) electrons. The van der Waals surface area contributed by atoms with E-state index in [9.17, 15) is 0 Å². The van der Waals surface area contributed by atoms with E-state index < -0.39 is 0 Å². The fraction of sp³-hybridized carbons (Fsp3) is 0.600. The van der Waals surface area contributed by atoms with Gasteiger partial charge in [-0.15, -0.1) is 0 Å². The molecule has 1 heterocycles. The summed E-state index contributed by atoms with van der Waals surface area (Å²) in [6.45, 7) is 7.30. The van der Waals surface area contributed by atoms with Crippen LogP contribution >= 0.6 is 0 Å². The predicted octanol–water partition coefficient (Wildman–Crippen LogP) is 0.908. The number of nitrogens with zero attached hydrogens (tertiary/aromatic N) is 2. The molecule has 6 nitrogen and oxygen atoms in total. The van der Waals surface area contributed by atoms with Crippen LogP contribution in [0.25, 0.3) is 0 Å². The van der Waals surface area contributed by atoms with Gasteiger partial charge in [0.05, 0.1) is 6.61 Å². The third-order valence-corrected chi connectivity index (χ3v) is 2.06. The largest absolute Gasteiger partial charge is 0.380 e. The number of hydrogen-bond acceptors (Lipinski definition) is 6. The zero-order chi connectivity index (χ0) is 12.0. The Morgan fingerprint density at radius 2 is 2.31 bits per heavy atom. The van der Waals surface area contributed by atoms with Crippen molar-refractivity contribution < 1.29 is 4.74 Å². The first kappa shape index (κ1) is 12.7. The van der Waals surface area contributed by atoms with E-state index in [1.807, 2.05) is 20.8 Å². The van der Waals surface area contributed by atoms with Crippen LogP contribution in [0.4, 0.5) is 11.8 Å². The first-order valence-corrected chi connectivity index (χ1v) is 5.32. The van der Waals surface area contributed by atoms with Crippen molar-refractivity contribution in [3.63, 3.8) is 0 Å². The van der Waals surface area contributed by atoms with Crippen molar-refractivity contribution in [2.45, 2.75) is 26.8 Å². The number of anilines is 2. The van der Waals surface area contributed by atoms with Gasteiger partial charge >= 0.3 is 0 Å². The Morgan fingerprint density at radius 3 is 2.94 bits per heavy atom. The Bertz CT molecular complexity index is 331. The van der Waals surface area contributed by atoms with Crippen LogP contribution in [0, 0.1) is 6.92 Å². The Balaban J connectivity index is 2.64. The van der Waals surface area contributed by atoms with Gasteiger partial charge in [-0.2, -0.15) is 4.98 Å². The zero-order valence-corrected chi connectivity index (χ0v) is 9.95. The minimum Gasteiger partial charge on any atom is -0.380 e. The minimum absolute atomic E-state index is 0.194. The smallest absolute Gasteiger partial charge is 0.239 e. The van der Waals surface area contributed by atoms with Crippen LogP contribution < -0.4 is 16.6 Å². The molecule has 1 atom stereocenters. The molecule has 0 aliphatic carbocycles. The quantitative estimate of drug-likeness (QED) is 0.493. The lowest BCUT2D eigenvalue weighted by molar-refractivity contribution is 0.141. The van der Waals surface area contributed by atoms with Crippen LogP contribution in [0.3, 0.4) is 0 Å². The highest BCUT2D eigenvalue weighted by molar-refractivity contribution is 5.46. The Labute approximate surface area is 95.6 Å². The molecule has 0 aromatic carbocycles. The predicted molar refractivity (Wildman–Crippen MR) is 64.2 cm³/mol. The minimum atomic E-state index is 0.194. The summed E-state index contributed by atoms with van der Waals surface area (Å²) in [6.07, 6.45) is 1.72. The number of nitrogens with one attached hydrogen (secondary N) is 2. The van der Waals surface area contributed by atoms with Crippen molar-refractivity contribution >= 4 is 11.8 Å². The molecule has 4 N–H and O–H groups in total. The molecule has 6 heteroatoms. The average Bonchev–Trinajstić information content (AvgIpc) is 2.29. The summed E-state index contributed by atoms with van der Waals surface area (Å²) in [5.74, 6) is 6.43. The average molecular weight is 225 g/mol. The van der Waals surface area contributed by atoms with Gasteiger partial charge in [0.1, 0.15) is 5.82 Å². The van der Waals surface area contributed by atoms with Crippen LogP contribution in [0.15, 0.2) is 6.20 Å². The molecule has 16 heavy (non-hydrogen) atoms. The highest BCUT2D eigenvalue weighted by Gasteiger charge is 2.07. The van der Waals surface area contributed by atoms with E-state index in [4.69, 9.17) is 10.6 Å². The maximum absolute atomic E-state index is 5.32. The number of rotatable bonds is 6. The molecule has 0 amide bonds. The highest BCUT2D eigenvalue weighted by atomic mass is 16.5. The van der Waals surface area contributed by atoms with E-state index in [1.165, 1.54) is 0 Å². The lowest BCUT2D eigenvalue weighted by Crippen LogP contribution is -2.23. The highest BCUT2D eigenvalue weighted by Crippen LogP contribution is 2.13. The second kappa shape index (κ2) is 6.24. The molecule has 0 fully saturated rings. The standard InChI is InChI=1S/C10H19N5O/c1-4-16-6-8(3)13-9-7(2)5-12-10(14-9)15-11/h5,8H,4,6,11H2,1-3H3,(H2,12,13,14,15). The van der Waals surface area contributed by atoms with Gasteiger partial charge in [-0.3, -0.25) is 5.43 Å². The van der Waals surface area contributed by atoms with Crippen LogP contribution in [-0.4, -0.2) is 29.2 Å². The van der Waals surface area contributed by atoms with E-state index >= 15 is 0 Å². The van der Waals surface area contributed by atoms with Crippen molar-refractivity contribution in [2.24, 2.45) is 5.84 Å². The van der Waals surface area contributed by atoms with Crippen molar-refractivity contribution in [2.75, 3.05) is 24.0 Å². The molecule has 1 rings (SSSR count). The van der Waals surface area contributed by atoms with Crippen LogP contribution in [-0.2, 0) is 4.74 Å². The number of nitrogens with two attached hydrogens (primary N) is 1. The van der Waals surface area contributed by atoms with E-state index in [0.717, 1.165) is 11.4 Å². The van der Waals surface area contributed by atoms with E-state index in [2.05, 4.69) is 20.7 Å². The summed E-state index contributed by atoms with van der Waals surface area (Å²) < 4.78 is 5.32. The molecule has 0 bridgehead atoms. The lowest BCUT2D eigenvalue weighted by Gasteiger charge is -2.16. The molecule has 0 saturated carbocycles. The first-order chi connectivity index (χ1) is 7.67. The number of aryl methyl sites for hydroxylation is 1. The van der Waals surface area contributed by atoms with E-state index in [-0.39, 0.29) is 6.04 Å². The molecule has 1 aromatic rings. The SMILES string of the molecule is CCOCC(C)Nc1nc(NN)ncc1C. The molecule has 0 aliphatic rings. The monoisotopic (exact) mass is 225 g/mol. The number of aromatic nitrogens is 2. The molecule has 90 valence electrons. The lowest BCUT2D eigenvalue weighted by atomic mass is 10.3. The van der Waals surface area contributed by atoms with Gasteiger partial charge in [0, 0.05) is 24.4 Å². The summed E-state index contributed by atoms with van der Waals surface area (Å²) in [5, 5.41) is 3.25. The normalized spacial score (nSPS) is 12.2. The summed E-state index contributed by atoms with van der Waals surface area (Å²) in [4.78, 5) is 8.23. The molecular formula is C10H19N5O. The van der Waals surface area contributed by atoms with Crippen LogP contribution in [0.5, 0.6) is 0 Å². The van der Waals surface area contributed by atoms with Crippen molar-refractivity contribution in [3.8, 4) is 0 Å². The topological polar surface area (TPSA) is 85.1 Å². The first-order valence-electron chi connectivity index (χ1n) is 5.32. The number of hydrazine groups is 1. The van der Waals surface area contributed by atoms with E-state index in [1.54, 1.807) is 6.20 Å². The van der Waals surface area contributed by atoms with Crippen LogP contribution in [0.2, 0.25) is 0 Å². The van der Waals surface area contributed by atoms with E-state index in [0.29, 0.717) is 19.2 Å². The fourth-order valence-corrected chi connectivity index (χ4v) is 1.23. The van der Waals surface area contributed by atoms with Crippen molar-refractivity contribution in [3.05, 3.63) is 11.8 Å². The Kier molecular flexibility index (Phi) is 4.94.